The lowest BCUT2D eigenvalue weighted by Crippen LogP contribution is -1.82. The molecule has 0 radical (unpaired) electrons. The van der Waals surface area contributed by atoms with Crippen molar-refractivity contribution >= 4 is 6.21 Å². The first-order chi connectivity index (χ1) is 5.76. The van der Waals surface area contributed by atoms with E-state index in [0.717, 1.165) is 12.1 Å². The van der Waals surface area contributed by atoms with E-state index in [9.17, 15) is 0 Å². The van der Waals surface area contributed by atoms with E-state index in [2.05, 4.69) is 11.1 Å². The van der Waals surface area contributed by atoms with Crippen molar-refractivity contribution in [1.82, 2.24) is 0 Å². The summed E-state index contributed by atoms with van der Waals surface area (Å²) in [6.07, 6.45) is 6.39. The molecule has 0 atom stereocenters. The highest BCUT2D eigenvalue weighted by molar-refractivity contribution is 5.56. The molecular formula is C10H14N2. The van der Waals surface area contributed by atoms with Gasteiger partial charge in [-0.15, -0.1) is 0 Å². The molecule has 0 saturated heterocycles. The van der Waals surface area contributed by atoms with E-state index in [1.54, 1.807) is 13.1 Å². The van der Waals surface area contributed by atoms with Gasteiger partial charge in [-0.05, 0) is 20.8 Å². The van der Waals surface area contributed by atoms with E-state index in [1.807, 2.05) is 26.0 Å². The lowest BCUT2D eigenvalue weighted by Gasteiger charge is -1.96. The van der Waals surface area contributed by atoms with Crippen molar-refractivity contribution in [2.45, 2.75) is 27.2 Å². The first-order valence-corrected chi connectivity index (χ1v) is 3.96. The molecule has 0 fully saturated rings. The summed E-state index contributed by atoms with van der Waals surface area (Å²) in [6, 6.07) is 2.09. The molecular weight excluding hydrogens is 148 g/mol. The van der Waals surface area contributed by atoms with Gasteiger partial charge in [0.15, 0.2) is 0 Å². The fourth-order valence-corrected chi connectivity index (χ4v) is 0.752. The molecule has 0 amide bonds. The van der Waals surface area contributed by atoms with Gasteiger partial charge in [0.1, 0.15) is 0 Å². The molecule has 0 aromatic carbocycles. The van der Waals surface area contributed by atoms with Crippen LogP contribution in [0.25, 0.3) is 0 Å². The Labute approximate surface area is 73.9 Å². The highest BCUT2D eigenvalue weighted by atomic mass is 14.7. The summed E-state index contributed by atoms with van der Waals surface area (Å²) in [5.41, 5.74) is 1.53. The lowest BCUT2D eigenvalue weighted by atomic mass is 10.2. The van der Waals surface area contributed by atoms with Gasteiger partial charge in [0.2, 0.25) is 0 Å². The van der Waals surface area contributed by atoms with Crippen LogP contribution in [0.1, 0.15) is 27.2 Å². The molecule has 0 aliphatic carbocycles. The molecule has 2 nitrogen and oxygen atoms in total. The topological polar surface area (TPSA) is 36.1 Å². The van der Waals surface area contributed by atoms with Crippen molar-refractivity contribution in [2.75, 3.05) is 0 Å². The predicted octanol–water partition coefficient (Wildman–Crippen LogP) is 2.84. The molecule has 0 saturated carbocycles. The highest BCUT2D eigenvalue weighted by Gasteiger charge is 1.96. The van der Waals surface area contributed by atoms with Crippen molar-refractivity contribution in [3.05, 3.63) is 23.4 Å². The standard InChI is InChI=1S/C10H14N2/c1-4-6-7-10(12-5-2)9(3)8-11/h4-6H,7H2,1-3H3/b6-4-,10-9+,12-5?. The van der Waals surface area contributed by atoms with Crippen LogP contribution in [0.3, 0.4) is 0 Å². The highest BCUT2D eigenvalue weighted by Crippen LogP contribution is 2.09. The van der Waals surface area contributed by atoms with Crippen molar-refractivity contribution in [3.8, 4) is 6.07 Å². The summed E-state index contributed by atoms with van der Waals surface area (Å²) in [7, 11) is 0. The fraction of sp³-hybridized carbons (Fsp3) is 0.400. The number of allylic oxidation sites excluding steroid dienone is 3. The van der Waals surface area contributed by atoms with Gasteiger partial charge >= 0.3 is 0 Å². The number of hydrogen-bond donors (Lipinski definition) is 0. The lowest BCUT2D eigenvalue weighted by molar-refractivity contribution is 1.12. The summed E-state index contributed by atoms with van der Waals surface area (Å²) in [5, 5.41) is 8.63. The molecule has 0 aromatic heterocycles. The van der Waals surface area contributed by atoms with Crippen LogP contribution in [-0.4, -0.2) is 6.21 Å². The van der Waals surface area contributed by atoms with Gasteiger partial charge in [-0.25, -0.2) is 0 Å². The van der Waals surface area contributed by atoms with E-state index >= 15 is 0 Å². The number of nitriles is 1. The van der Waals surface area contributed by atoms with E-state index in [-0.39, 0.29) is 0 Å². The summed E-state index contributed by atoms with van der Waals surface area (Å²) >= 11 is 0. The van der Waals surface area contributed by atoms with Crippen LogP contribution in [0.2, 0.25) is 0 Å². The minimum absolute atomic E-state index is 0.686. The third kappa shape index (κ3) is 3.72. The molecule has 0 unspecified atom stereocenters. The summed E-state index contributed by atoms with van der Waals surface area (Å²) < 4.78 is 0. The van der Waals surface area contributed by atoms with E-state index in [0.29, 0.717) is 5.57 Å². The minimum atomic E-state index is 0.686. The Bertz CT molecular complexity index is 252. The van der Waals surface area contributed by atoms with Crippen molar-refractivity contribution in [2.24, 2.45) is 4.99 Å². The van der Waals surface area contributed by atoms with Crippen LogP contribution in [0.4, 0.5) is 0 Å². The van der Waals surface area contributed by atoms with E-state index in [1.165, 1.54) is 0 Å². The Morgan fingerprint density at radius 2 is 2.17 bits per heavy atom. The summed E-state index contributed by atoms with van der Waals surface area (Å²) in [5.74, 6) is 0. The van der Waals surface area contributed by atoms with Gasteiger partial charge in [-0.3, -0.25) is 4.99 Å². The Kier molecular flexibility index (Phi) is 5.64. The quantitative estimate of drug-likeness (QED) is 0.357. The SMILES string of the molecule is CC=N/C(C/C=C\C)=C(\C)C#N. The average Bonchev–Trinajstić information content (AvgIpc) is 2.11. The van der Waals surface area contributed by atoms with Gasteiger partial charge in [0.25, 0.3) is 0 Å². The first kappa shape index (κ1) is 10.6. The van der Waals surface area contributed by atoms with Crippen molar-refractivity contribution in [3.63, 3.8) is 0 Å². The average molecular weight is 162 g/mol. The van der Waals surface area contributed by atoms with Crippen LogP contribution < -0.4 is 0 Å². The van der Waals surface area contributed by atoms with Gasteiger partial charge < -0.3 is 0 Å². The van der Waals surface area contributed by atoms with Crippen LogP contribution in [0.5, 0.6) is 0 Å². The molecule has 0 aliphatic heterocycles. The smallest absolute Gasteiger partial charge is 0.0963 e. The summed E-state index contributed by atoms with van der Waals surface area (Å²) in [6.45, 7) is 5.58. The first-order valence-electron chi connectivity index (χ1n) is 3.96. The van der Waals surface area contributed by atoms with Crippen molar-refractivity contribution in [1.29, 1.82) is 5.26 Å². The number of rotatable bonds is 3. The van der Waals surface area contributed by atoms with Crippen molar-refractivity contribution < 1.29 is 0 Å². The molecule has 0 spiro atoms. The predicted molar refractivity (Wildman–Crippen MR) is 51.9 cm³/mol. The third-order valence-corrected chi connectivity index (χ3v) is 1.43. The molecule has 0 rings (SSSR count). The van der Waals surface area contributed by atoms with Gasteiger partial charge in [0.05, 0.1) is 11.8 Å². The van der Waals surface area contributed by atoms with Crippen LogP contribution in [-0.2, 0) is 0 Å². The second-order valence-corrected chi connectivity index (χ2v) is 2.34. The maximum absolute atomic E-state index is 8.63. The molecule has 0 heterocycles. The Morgan fingerprint density at radius 1 is 1.50 bits per heavy atom. The zero-order valence-corrected chi connectivity index (χ0v) is 7.83. The summed E-state index contributed by atoms with van der Waals surface area (Å²) in [4.78, 5) is 4.11. The minimum Gasteiger partial charge on any atom is -0.265 e. The van der Waals surface area contributed by atoms with Gasteiger partial charge in [-0.1, -0.05) is 12.2 Å². The third-order valence-electron chi connectivity index (χ3n) is 1.43. The Hall–Kier alpha value is -1.36. The normalized spacial score (nSPS) is 13.5. The fourth-order valence-electron chi connectivity index (χ4n) is 0.752. The van der Waals surface area contributed by atoms with Crippen LogP contribution >= 0.6 is 0 Å². The molecule has 0 aromatic rings. The van der Waals surface area contributed by atoms with Gasteiger partial charge in [-0.2, -0.15) is 5.26 Å². The van der Waals surface area contributed by atoms with E-state index < -0.39 is 0 Å². The molecule has 64 valence electrons. The second-order valence-electron chi connectivity index (χ2n) is 2.34. The molecule has 2 heteroatoms. The second kappa shape index (κ2) is 6.36. The van der Waals surface area contributed by atoms with E-state index in [4.69, 9.17) is 5.26 Å². The largest absolute Gasteiger partial charge is 0.265 e. The Morgan fingerprint density at radius 3 is 2.58 bits per heavy atom. The Balaban J connectivity index is 4.57. The molecule has 0 bridgehead atoms. The molecule has 12 heavy (non-hydrogen) atoms. The maximum Gasteiger partial charge on any atom is 0.0963 e. The van der Waals surface area contributed by atoms with Gasteiger partial charge in [0, 0.05) is 18.2 Å². The number of hydrogen-bond acceptors (Lipinski definition) is 2. The monoisotopic (exact) mass is 162 g/mol. The molecule has 0 N–H and O–H groups in total. The number of nitrogens with zero attached hydrogens (tertiary/aromatic N) is 2. The maximum atomic E-state index is 8.63. The zero-order valence-electron chi connectivity index (χ0n) is 7.83. The molecule has 0 aliphatic rings. The van der Waals surface area contributed by atoms with Crippen LogP contribution in [0, 0.1) is 11.3 Å². The van der Waals surface area contributed by atoms with Crippen LogP contribution in [0.15, 0.2) is 28.4 Å². The zero-order chi connectivity index (χ0) is 9.40. The number of aliphatic imine (C=N–C) groups is 1.